The minimum Gasteiger partial charge on any atom is -0.295 e. The second-order valence-corrected chi connectivity index (χ2v) is 8.09. The molecule has 0 saturated carbocycles. The molecule has 0 spiro atoms. The van der Waals surface area contributed by atoms with Crippen LogP contribution in [0.15, 0.2) is 72.3 Å². The molecular formula is C18H21N2OP. The molecule has 0 bridgehead atoms. The number of nitrogens with one attached hydrogen (secondary N) is 1. The van der Waals surface area contributed by atoms with Gasteiger partial charge in [0.2, 0.25) is 7.29 Å². The first-order chi connectivity index (χ1) is 10.7. The van der Waals surface area contributed by atoms with Crippen LogP contribution < -0.4 is 15.8 Å². The third kappa shape index (κ3) is 3.22. The molecule has 2 aromatic rings. The Balaban J connectivity index is 1.97. The number of hydrogen-bond donors (Lipinski definition) is 1. The molecule has 1 heterocycles. The van der Waals surface area contributed by atoms with Crippen LogP contribution in [0.2, 0.25) is 0 Å². The molecule has 4 heteroatoms. The Morgan fingerprint density at radius 3 is 2.00 bits per heavy atom. The maximum Gasteiger partial charge on any atom is 0.217 e. The van der Waals surface area contributed by atoms with Gasteiger partial charge in [-0.25, -0.2) is 5.01 Å². The Labute approximate surface area is 132 Å². The molecule has 0 aromatic heterocycles. The van der Waals surface area contributed by atoms with E-state index in [0.29, 0.717) is 0 Å². The van der Waals surface area contributed by atoms with Crippen molar-refractivity contribution in [1.82, 2.24) is 10.2 Å². The SMILES string of the molecule is CC1=CCCN(NP(=O)(c2ccccc2)c2ccccc2)C1. The Hall–Kier alpha value is -1.67. The van der Waals surface area contributed by atoms with Gasteiger partial charge in [-0.05, 0) is 37.6 Å². The van der Waals surface area contributed by atoms with Crippen molar-refractivity contribution in [1.29, 1.82) is 0 Å². The van der Waals surface area contributed by atoms with Crippen molar-refractivity contribution in [2.24, 2.45) is 0 Å². The van der Waals surface area contributed by atoms with E-state index >= 15 is 0 Å². The summed E-state index contributed by atoms with van der Waals surface area (Å²) < 4.78 is 13.8. The molecule has 0 atom stereocenters. The molecule has 0 aliphatic carbocycles. The fourth-order valence-corrected chi connectivity index (χ4v) is 5.02. The zero-order chi connectivity index (χ0) is 15.4. The van der Waals surface area contributed by atoms with Crippen LogP contribution in [0.5, 0.6) is 0 Å². The monoisotopic (exact) mass is 312 g/mol. The highest BCUT2D eigenvalue weighted by Crippen LogP contribution is 2.39. The Kier molecular flexibility index (Phi) is 4.58. The van der Waals surface area contributed by atoms with E-state index in [0.717, 1.165) is 30.1 Å². The van der Waals surface area contributed by atoms with E-state index in [1.807, 2.05) is 60.7 Å². The van der Waals surface area contributed by atoms with Gasteiger partial charge in [0, 0.05) is 23.7 Å². The Morgan fingerprint density at radius 2 is 1.50 bits per heavy atom. The van der Waals surface area contributed by atoms with Crippen LogP contribution in [0.25, 0.3) is 0 Å². The standard InChI is InChI=1S/C18H21N2OP/c1-16-9-8-14-20(15-16)19-22(21,17-10-4-2-5-11-17)18-12-6-3-7-13-18/h2-7,9-13H,8,14-15H2,1H3,(H,19,21). The molecule has 0 fully saturated rings. The lowest BCUT2D eigenvalue weighted by atomic mass is 10.2. The van der Waals surface area contributed by atoms with Gasteiger partial charge in [-0.15, -0.1) is 0 Å². The third-order valence-corrected chi connectivity index (χ3v) is 6.47. The van der Waals surface area contributed by atoms with Crippen LogP contribution in [-0.2, 0) is 4.57 Å². The summed E-state index contributed by atoms with van der Waals surface area (Å²) in [6.07, 6.45) is 3.23. The molecule has 0 radical (unpaired) electrons. The van der Waals surface area contributed by atoms with Crippen molar-refractivity contribution in [3.8, 4) is 0 Å². The number of benzene rings is 2. The first-order valence-corrected chi connectivity index (χ1v) is 9.29. The molecule has 1 aliphatic heterocycles. The number of hydrogen-bond acceptors (Lipinski definition) is 2. The van der Waals surface area contributed by atoms with Crippen LogP contribution in [0, 0.1) is 0 Å². The largest absolute Gasteiger partial charge is 0.295 e. The zero-order valence-corrected chi connectivity index (χ0v) is 13.7. The van der Waals surface area contributed by atoms with Gasteiger partial charge in [0.25, 0.3) is 0 Å². The van der Waals surface area contributed by atoms with Crippen molar-refractivity contribution in [2.45, 2.75) is 13.3 Å². The van der Waals surface area contributed by atoms with Crippen LogP contribution in [-0.4, -0.2) is 18.1 Å². The summed E-state index contributed by atoms with van der Waals surface area (Å²) in [5.74, 6) is 0. The smallest absolute Gasteiger partial charge is 0.217 e. The quantitative estimate of drug-likeness (QED) is 0.695. The van der Waals surface area contributed by atoms with Crippen LogP contribution >= 0.6 is 7.29 Å². The molecule has 22 heavy (non-hydrogen) atoms. The van der Waals surface area contributed by atoms with Crippen molar-refractivity contribution in [3.05, 3.63) is 72.3 Å². The Morgan fingerprint density at radius 1 is 0.955 bits per heavy atom. The van der Waals surface area contributed by atoms with E-state index < -0.39 is 7.29 Å². The molecule has 1 aliphatic rings. The highest BCUT2D eigenvalue weighted by molar-refractivity contribution is 7.76. The maximum atomic E-state index is 13.8. The van der Waals surface area contributed by atoms with E-state index in [2.05, 4.69) is 23.2 Å². The number of hydrazine groups is 1. The van der Waals surface area contributed by atoms with Gasteiger partial charge in [-0.2, -0.15) is 5.20 Å². The van der Waals surface area contributed by atoms with Crippen LogP contribution in [0.3, 0.4) is 0 Å². The van der Waals surface area contributed by atoms with Gasteiger partial charge in [0.1, 0.15) is 0 Å². The van der Waals surface area contributed by atoms with Gasteiger partial charge in [0.05, 0.1) is 0 Å². The minimum absolute atomic E-state index is 0.809. The highest BCUT2D eigenvalue weighted by Gasteiger charge is 2.29. The third-order valence-electron chi connectivity index (χ3n) is 3.85. The van der Waals surface area contributed by atoms with Crippen molar-refractivity contribution >= 4 is 17.9 Å². The fraction of sp³-hybridized carbons (Fsp3) is 0.222. The average molecular weight is 312 g/mol. The maximum absolute atomic E-state index is 13.8. The second kappa shape index (κ2) is 6.62. The zero-order valence-electron chi connectivity index (χ0n) is 12.8. The lowest BCUT2D eigenvalue weighted by Gasteiger charge is -2.31. The summed E-state index contributed by atoms with van der Waals surface area (Å²) in [6, 6.07) is 19.4. The summed E-state index contributed by atoms with van der Waals surface area (Å²) in [5, 5.41) is 7.11. The number of rotatable bonds is 4. The number of nitrogens with zero attached hydrogens (tertiary/aromatic N) is 1. The first-order valence-electron chi connectivity index (χ1n) is 7.58. The summed E-state index contributed by atoms with van der Waals surface area (Å²) in [5.41, 5.74) is 1.31. The topological polar surface area (TPSA) is 32.3 Å². The van der Waals surface area contributed by atoms with E-state index in [-0.39, 0.29) is 0 Å². The Bertz CT molecular complexity index is 654. The van der Waals surface area contributed by atoms with E-state index in [4.69, 9.17) is 0 Å². The molecule has 3 nitrogen and oxygen atoms in total. The predicted octanol–water partition coefficient (Wildman–Crippen LogP) is 3.07. The van der Waals surface area contributed by atoms with Gasteiger partial charge >= 0.3 is 0 Å². The predicted molar refractivity (Wildman–Crippen MR) is 92.8 cm³/mol. The molecular weight excluding hydrogens is 291 g/mol. The second-order valence-electron chi connectivity index (χ2n) is 5.64. The molecule has 0 saturated heterocycles. The first kappa shape index (κ1) is 15.2. The average Bonchev–Trinajstić information content (AvgIpc) is 2.56. The van der Waals surface area contributed by atoms with Gasteiger partial charge in [-0.1, -0.05) is 48.0 Å². The summed E-state index contributed by atoms with van der Waals surface area (Å²) in [4.78, 5) is 0. The van der Waals surface area contributed by atoms with E-state index in [1.54, 1.807) is 0 Å². The van der Waals surface area contributed by atoms with Crippen molar-refractivity contribution < 1.29 is 4.57 Å². The minimum atomic E-state index is -2.87. The highest BCUT2D eigenvalue weighted by atomic mass is 31.2. The van der Waals surface area contributed by atoms with E-state index in [9.17, 15) is 4.57 Å². The van der Waals surface area contributed by atoms with Gasteiger partial charge in [-0.3, -0.25) is 4.57 Å². The van der Waals surface area contributed by atoms with Crippen LogP contribution in [0.1, 0.15) is 13.3 Å². The normalized spacial score (nSPS) is 16.3. The molecule has 0 unspecified atom stereocenters. The molecule has 0 amide bonds. The van der Waals surface area contributed by atoms with E-state index in [1.165, 1.54) is 5.57 Å². The van der Waals surface area contributed by atoms with Crippen molar-refractivity contribution in [3.63, 3.8) is 0 Å². The molecule has 1 N–H and O–H groups in total. The summed E-state index contributed by atoms with van der Waals surface area (Å²) >= 11 is 0. The van der Waals surface area contributed by atoms with Gasteiger partial charge in [0.15, 0.2) is 0 Å². The lowest BCUT2D eigenvalue weighted by molar-refractivity contribution is 0.257. The lowest BCUT2D eigenvalue weighted by Crippen LogP contribution is -2.43. The molecule has 3 rings (SSSR count). The van der Waals surface area contributed by atoms with Crippen LogP contribution in [0.4, 0.5) is 0 Å². The summed E-state index contributed by atoms with van der Waals surface area (Å²) in [6.45, 7) is 3.80. The van der Waals surface area contributed by atoms with Gasteiger partial charge < -0.3 is 0 Å². The fourth-order valence-electron chi connectivity index (χ4n) is 2.74. The molecule has 114 valence electrons. The molecule has 2 aromatic carbocycles. The summed E-state index contributed by atoms with van der Waals surface area (Å²) in [7, 11) is -2.87. The van der Waals surface area contributed by atoms with Crippen molar-refractivity contribution in [2.75, 3.05) is 13.1 Å².